The Morgan fingerprint density at radius 2 is 2.00 bits per heavy atom. The minimum atomic E-state index is 0.317. The molecule has 17 heavy (non-hydrogen) atoms. The fourth-order valence-electron chi connectivity index (χ4n) is 2.32. The summed E-state index contributed by atoms with van der Waals surface area (Å²) in [5.74, 6) is 0.806. The summed E-state index contributed by atoms with van der Waals surface area (Å²) in [6, 6.07) is 5.80. The molecular weight excluding hydrogens is 236 g/mol. The van der Waals surface area contributed by atoms with Crippen LogP contribution in [0.4, 0.5) is 0 Å². The molecule has 4 heteroatoms. The molecule has 0 amide bonds. The third-order valence-corrected chi connectivity index (χ3v) is 3.46. The first-order valence-corrected chi connectivity index (χ1v) is 6.28. The number of hydrogen-bond acceptors (Lipinski definition) is 3. The molecular formula is C13H13ClN2O. The van der Waals surface area contributed by atoms with Gasteiger partial charge in [0.15, 0.2) is 0 Å². The molecule has 1 aromatic carbocycles. The molecule has 0 N–H and O–H groups in total. The van der Waals surface area contributed by atoms with E-state index >= 15 is 0 Å². The normalized spacial score (nSPS) is 16.5. The number of hydrogen-bond donors (Lipinski definition) is 0. The minimum Gasteiger partial charge on any atom is -0.490 e. The van der Waals surface area contributed by atoms with Gasteiger partial charge in [0.1, 0.15) is 17.2 Å². The van der Waals surface area contributed by atoms with E-state index in [4.69, 9.17) is 16.3 Å². The number of rotatable bonds is 2. The van der Waals surface area contributed by atoms with Gasteiger partial charge >= 0.3 is 0 Å². The van der Waals surface area contributed by atoms with Crippen LogP contribution in [0.3, 0.4) is 0 Å². The highest BCUT2D eigenvalue weighted by atomic mass is 35.5. The highest BCUT2D eigenvalue weighted by molar-refractivity contribution is 6.34. The van der Waals surface area contributed by atoms with Crippen molar-refractivity contribution in [3.8, 4) is 5.75 Å². The van der Waals surface area contributed by atoms with Crippen molar-refractivity contribution in [2.24, 2.45) is 0 Å². The molecule has 3 rings (SSSR count). The number of aromatic nitrogens is 2. The largest absolute Gasteiger partial charge is 0.490 e. The second-order valence-corrected chi connectivity index (χ2v) is 4.70. The predicted octanol–water partition coefficient (Wildman–Crippen LogP) is 3.60. The average molecular weight is 249 g/mol. The Kier molecular flexibility index (Phi) is 2.85. The number of nitrogens with zero attached hydrogens (tertiary/aromatic N) is 2. The van der Waals surface area contributed by atoms with Gasteiger partial charge in [-0.3, -0.25) is 0 Å². The lowest BCUT2D eigenvalue weighted by Crippen LogP contribution is -2.11. The number of halogens is 1. The molecule has 1 heterocycles. The van der Waals surface area contributed by atoms with E-state index < -0.39 is 0 Å². The van der Waals surface area contributed by atoms with Gasteiger partial charge in [-0.25, -0.2) is 9.97 Å². The highest BCUT2D eigenvalue weighted by Crippen LogP contribution is 2.32. The molecule has 0 radical (unpaired) electrons. The molecule has 0 atom stereocenters. The summed E-state index contributed by atoms with van der Waals surface area (Å²) in [4.78, 5) is 8.22. The summed E-state index contributed by atoms with van der Waals surface area (Å²) in [7, 11) is 0. The van der Waals surface area contributed by atoms with Crippen LogP contribution in [-0.4, -0.2) is 16.1 Å². The molecule has 0 spiro atoms. The molecule has 0 aliphatic heterocycles. The Hall–Kier alpha value is -1.35. The van der Waals surface area contributed by atoms with Crippen LogP contribution in [0.1, 0.15) is 25.7 Å². The maximum Gasteiger partial charge on any atom is 0.144 e. The Balaban J connectivity index is 2.03. The van der Waals surface area contributed by atoms with Crippen LogP contribution < -0.4 is 4.74 Å². The molecule has 0 bridgehead atoms. The summed E-state index contributed by atoms with van der Waals surface area (Å²) >= 11 is 6.12. The van der Waals surface area contributed by atoms with E-state index in [2.05, 4.69) is 9.97 Å². The molecule has 1 fully saturated rings. The van der Waals surface area contributed by atoms with Crippen LogP contribution in [-0.2, 0) is 0 Å². The summed E-state index contributed by atoms with van der Waals surface area (Å²) in [5.41, 5.74) is 0.834. The summed E-state index contributed by atoms with van der Waals surface area (Å²) in [6.07, 6.45) is 6.55. The monoisotopic (exact) mass is 248 g/mol. The zero-order valence-corrected chi connectivity index (χ0v) is 10.2. The number of fused-ring (bicyclic) bond motifs is 1. The van der Waals surface area contributed by atoms with E-state index in [9.17, 15) is 0 Å². The number of benzene rings is 1. The van der Waals surface area contributed by atoms with Crippen molar-refractivity contribution >= 4 is 22.5 Å². The Morgan fingerprint density at radius 3 is 2.82 bits per heavy atom. The second-order valence-electron chi connectivity index (χ2n) is 4.34. The van der Waals surface area contributed by atoms with E-state index in [1.807, 2.05) is 18.2 Å². The van der Waals surface area contributed by atoms with E-state index in [0.717, 1.165) is 29.5 Å². The maximum absolute atomic E-state index is 6.12. The van der Waals surface area contributed by atoms with Crippen molar-refractivity contribution in [3.05, 3.63) is 29.7 Å². The minimum absolute atomic E-state index is 0.317. The molecule has 2 aromatic rings. The zero-order chi connectivity index (χ0) is 11.7. The summed E-state index contributed by atoms with van der Waals surface area (Å²) < 4.78 is 6.00. The van der Waals surface area contributed by atoms with Crippen LogP contribution in [0, 0.1) is 0 Å². The van der Waals surface area contributed by atoms with Crippen molar-refractivity contribution in [1.29, 1.82) is 0 Å². The molecule has 0 unspecified atom stereocenters. The van der Waals surface area contributed by atoms with Crippen LogP contribution in [0.25, 0.3) is 10.9 Å². The van der Waals surface area contributed by atoms with E-state index in [0.29, 0.717) is 11.3 Å². The number of ether oxygens (including phenoxy) is 1. The van der Waals surface area contributed by atoms with Crippen molar-refractivity contribution in [2.75, 3.05) is 0 Å². The maximum atomic E-state index is 6.12. The standard InChI is InChI=1S/C13H13ClN2O/c14-13-12-10(15-8-16-13)6-3-7-11(12)17-9-4-1-2-5-9/h3,6-9H,1-2,4-5H2. The topological polar surface area (TPSA) is 35.0 Å². The van der Waals surface area contributed by atoms with Gasteiger partial charge in [-0.1, -0.05) is 17.7 Å². The van der Waals surface area contributed by atoms with Crippen molar-refractivity contribution < 1.29 is 4.74 Å². The summed E-state index contributed by atoms with van der Waals surface area (Å²) in [5, 5.41) is 1.28. The van der Waals surface area contributed by atoms with Crippen LogP contribution >= 0.6 is 11.6 Å². The van der Waals surface area contributed by atoms with Crippen molar-refractivity contribution in [3.63, 3.8) is 0 Å². The second kappa shape index (κ2) is 4.49. The van der Waals surface area contributed by atoms with Gasteiger partial charge in [0.2, 0.25) is 0 Å². The molecule has 1 saturated carbocycles. The van der Waals surface area contributed by atoms with Crippen LogP contribution in [0.15, 0.2) is 24.5 Å². The fourth-order valence-corrected chi connectivity index (χ4v) is 2.56. The molecule has 1 aromatic heterocycles. The van der Waals surface area contributed by atoms with Gasteiger partial charge in [0.25, 0.3) is 0 Å². The molecule has 88 valence electrons. The highest BCUT2D eigenvalue weighted by Gasteiger charge is 2.18. The third-order valence-electron chi connectivity index (χ3n) is 3.17. The van der Waals surface area contributed by atoms with Gasteiger partial charge in [-0.2, -0.15) is 0 Å². The summed E-state index contributed by atoms with van der Waals surface area (Å²) in [6.45, 7) is 0. The first-order valence-electron chi connectivity index (χ1n) is 5.90. The third kappa shape index (κ3) is 2.07. The van der Waals surface area contributed by atoms with Crippen molar-refractivity contribution in [2.45, 2.75) is 31.8 Å². The van der Waals surface area contributed by atoms with Crippen LogP contribution in [0.5, 0.6) is 5.75 Å². The Bertz CT molecular complexity index is 533. The molecule has 0 saturated heterocycles. The Labute approximate surface area is 105 Å². The lowest BCUT2D eigenvalue weighted by atomic mass is 10.2. The molecule has 3 nitrogen and oxygen atoms in total. The predicted molar refractivity (Wildman–Crippen MR) is 67.4 cm³/mol. The van der Waals surface area contributed by atoms with E-state index in [1.165, 1.54) is 19.2 Å². The van der Waals surface area contributed by atoms with Gasteiger partial charge in [0, 0.05) is 0 Å². The van der Waals surface area contributed by atoms with Crippen molar-refractivity contribution in [1.82, 2.24) is 9.97 Å². The van der Waals surface area contributed by atoms with Gasteiger partial charge < -0.3 is 4.74 Å². The van der Waals surface area contributed by atoms with E-state index in [-0.39, 0.29) is 0 Å². The Morgan fingerprint density at radius 1 is 1.18 bits per heavy atom. The lowest BCUT2D eigenvalue weighted by molar-refractivity contribution is 0.212. The SMILES string of the molecule is Clc1ncnc2cccc(OC3CCCC3)c12. The zero-order valence-electron chi connectivity index (χ0n) is 9.40. The van der Waals surface area contributed by atoms with Crippen LogP contribution in [0.2, 0.25) is 5.15 Å². The van der Waals surface area contributed by atoms with Gasteiger partial charge in [-0.15, -0.1) is 0 Å². The molecule has 1 aliphatic carbocycles. The lowest BCUT2D eigenvalue weighted by Gasteiger charge is -2.14. The average Bonchev–Trinajstić information content (AvgIpc) is 2.82. The first-order chi connectivity index (χ1) is 8.34. The fraction of sp³-hybridized carbons (Fsp3) is 0.385. The smallest absolute Gasteiger partial charge is 0.144 e. The van der Waals surface area contributed by atoms with E-state index in [1.54, 1.807) is 0 Å². The first kappa shape index (κ1) is 10.8. The molecule has 1 aliphatic rings. The van der Waals surface area contributed by atoms with Gasteiger partial charge in [-0.05, 0) is 37.8 Å². The quantitative estimate of drug-likeness (QED) is 0.762. The van der Waals surface area contributed by atoms with Gasteiger partial charge in [0.05, 0.1) is 17.0 Å².